The molecule has 0 spiro atoms. The van der Waals surface area contributed by atoms with E-state index in [4.69, 9.17) is 14.2 Å². The number of carbonyl (C=O) groups is 1. The zero-order valence-corrected chi connectivity index (χ0v) is 15.6. The van der Waals surface area contributed by atoms with E-state index in [0.717, 1.165) is 5.56 Å². The number of halogens is 1. The second-order valence-electron chi connectivity index (χ2n) is 5.34. The maximum absolute atomic E-state index is 12.5. The lowest BCUT2D eigenvalue weighted by molar-refractivity contribution is -0.256. The Morgan fingerprint density at radius 3 is 2.16 bits per heavy atom. The number of rotatable bonds is 6. The summed E-state index contributed by atoms with van der Waals surface area (Å²) in [5.74, 6) is 0.972. The van der Waals surface area contributed by atoms with Crippen LogP contribution in [0.15, 0.2) is 30.3 Å². The molecule has 0 saturated carbocycles. The lowest BCUT2D eigenvalue weighted by Crippen LogP contribution is -3.00. The SMILES string of the molecule is COc1cc(C(=O)NCc2ccc(C)cc2)c([NH3+])c(OC)c1OC.[Cl-]. The van der Waals surface area contributed by atoms with Crippen molar-refractivity contribution >= 4 is 11.6 Å². The first-order chi connectivity index (χ1) is 11.5. The molecule has 0 bridgehead atoms. The number of nitrogens with one attached hydrogen (secondary N) is 1. The maximum Gasteiger partial charge on any atom is 0.257 e. The molecule has 0 aliphatic rings. The van der Waals surface area contributed by atoms with Crippen LogP contribution in [0.5, 0.6) is 17.2 Å². The monoisotopic (exact) mass is 366 g/mol. The van der Waals surface area contributed by atoms with Gasteiger partial charge in [-0.3, -0.25) is 4.79 Å². The van der Waals surface area contributed by atoms with Gasteiger partial charge in [-0.25, -0.2) is 0 Å². The van der Waals surface area contributed by atoms with Gasteiger partial charge in [0.05, 0.1) is 21.3 Å². The van der Waals surface area contributed by atoms with Gasteiger partial charge in [0.25, 0.3) is 5.91 Å². The Kier molecular flexibility index (Phi) is 7.54. The summed E-state index contributed by atoms with van der Waals surface area (Å²) >= 11 is 0. The zero-order valence-electron chi connectivity index (χ0n) is 14.8. The minimum Gasteiger partial charge on any atom is -1.00 e. The molecular formula is C18H23ClN2O4. The Morgan fingerprint density at radius 1 is 1.04 bits per heavy atom. The highest BCUT2D eigenvalue weighted by Crippen LogP contribution is 2.42. The van der Waals surface area contributed by atoms with Crippen molar-refractivity contribution in [2.24, 2.45) is 0 Å². The molecule has 7 heteroatoms. The molecule has 4 N–H and O–H groups in total. The molecule has 0 unspecified atom stereocenters. The summed E-state index contributed by atoms with van der Waals surface area (Å²) in [6.07, 6.45) is 0. The molecule has 0 fully saturated rings. The molecule has 136 valence electrons. The molecule has 0 saturated heterocycles. The molecular weight excluding hydrogens is 344 g/mol. The quantitative estimate of drug-likeness (QED) is 0.674. The lowest BCUT2D eigenvalue weighted by atomic mass is 10.1. The van der Waals surface area contributed by atoms with Crippen molar-refractivity contribution in [3.8, 4) is 17.2 Å². The molecule has 2 rings (SSSR count). The average molecular weight is 367 g/mol. The van der Waals surface area contributed by atoms with Crippen molar-refractivity contribution in [2.75, 3.05) is 21.3 Å². The highest BCUT2D eigenvalue weighted by atomic mass is 35.5. The largest absolute Gasteiger partial charge is 1.00 e. The molecule has 6 nitrogen and oxygen atoms in total. The number of quaternary nitrogens is 1. The van der Waals surface area contributed by atoms with Gasteiger partial charge in [0, 0.05) is 12.6 Å². The van der Waals surface area contributed by atoms with Gasteiger partial charge in [-0.05, 0) is 12.5 Å². The van der Waals surface area contributed by atoms with E-state index in [0.29, 0.717) is 35.0 Å². The topological polar surface area (TPSA) is 84.4 Å². The highest BCUT2D eigenvalue weighted by molar-refractivity contribution is 6.00. The van der Waals surface area contributed by atoms with Gasteiger partial charge in [-0.1, -0.05) is 29.8 Å². The highest BCUT2D eigenvalue weighted by Gasteiger charge is 2.25. The molecule has 0 heterocycles. The Labute approximate surface area is 153 Å². The molecule has 0 aromatic heterocycles. The summed E-state index contributed by atoms with van der Waals surface area (Å²) in [6, 6.07) is 9.58. The van der Waals surface area contributed by atoms with Crippen LogP contribution in [0.2, 0.25) is 0 Å². The molecule has 2 aromatic rings. The summed E-state index contributed by atoms with van der Waals surface area (Å²) < 4.78 is 15.9. The lowest BCUT2D eigenvalue weighted by Gasteiger charge is -2.15. The van der Waals surface area contributed by atoms with Gasteiger partial charge in [0.15, 0.2) is 11.4 Å². The number of hydrogen-bond donors (Lipinski definition) is 2. The van der Waals surface area contributed by atoms with E-state index in [-0.39, 0.29) is 18.3 Å². The van der Waals surface area contributed by atoms with Gasteiger partial charge >= 0.3 is 0 Å². The van der Waals surface area contributed by atoms with E-state index in [9.17, 15) is 4.79 Å². The van der Waals surface area contributed by atoms with Crippen molar-refractivity contribution in [1.82, 2.24) is 5.32 Å². The van der Waals surface area contributed by atoms with Gasteiger partial charge in [0.1, 0.15) is 5.56 Å². The van der Waals surface area contributed by atoms with E-state index in [1.807, 2.05) is 31.2 Å². The third-order valence-corrected chi connectivity index (χ3v) is 3.75. The van der Waals surface area contributed by atoms with E-state index >= 15 is 0 Å². The van der Waals surface area contributed by atoms with Gasteiger partial charge in [-0.2, -0.15) is 0 Å². The standard InChI is InChI=1S/C18H22N2O4.ClH/c1-11-5-7-12(8-6-11)10-20-18(21)13-9-14(22-2)16(23-3)17(24-4)15(13)19;/h5-9H,10,19H2,1-4H3,(H,20,21);1H. The Balaban J connectivity index is 0.00000312. The van der Waals surface area contributed by atoms with Gasteiger partial charge < -0.3 is 37.7 Å². The van der Waals surface area contributed by atoms with Gasteiger partial charge in [-0.15, -0.1) is 0 Å². The van der Waals surface area contributed by atoms with Crippen LogP contribution >= 0.6 is 0 Å². The smallest absolute Gasteiger partial charge is 0.257 e. The number of methoxy groups -OCH3 is 3. The predicted octanol–water partition coefficient (Wildman–Crippen LogP) is -1.17. The Morgan fingerprint density at radius 2 is 1.64 bits per heavy atom. The second kappa shape index (κ2) is 9.15. The van der Waals surface area contributed by atoms with E-state index in [2.05, 4.69) is 11.1 Å². The van der Waals surface area contributed by atoms with Crippen LogP contribution in [0, 0.1) is 6.92 Å². The molecule has 2 aromatic carbocycles. The second-order valence-corrected chi connectivity index (χ2v) is 5.34. The van der Waals surface area contributed by atoms with Crippen LogP contribution in [0.3, 0.4) is 0 Å². The average Bonchev–Trinajstić information content (AvgIpc) is 2.60. The van der Waals surface area contributed by atoms with Crippen LogP contribution in [0.25, 0.3) is 0 Å². The van der Waals surface area contributed by atoms with Crippen LogP contribution in [0.1, 0.15) is 21.5 Å². The molecule has 0 atom stereocenters. The van der Waals surface area contributed by atoms with Crippen molar-refractivity contribution in [3.05, 3.63) is 47.0 Å². The van der Waals surface area contributed by atoms with Crippen molar-refractivity contribution in [1.29, 1.82) is 0 Å². The molecule has 0 radical (unpaired) electrons. The third-order valence-electron chi connectivity index (χ3n) is 3.75. The molecule has 0 aliphatic carbocycles. The number of benzene rings is 2. The van der Waals surface area contributed by atoms with Crippen LogP contribution in [-0.2, 0) is 6.54 Å². The first-order valence-electron chi connectivity index (χ1n) is 7.50. The normalized spacial score (nSPS) is 9.80. The first-order valence-corrected chi connectivity index (χ1v) is 7.50. The number of aryl methyl sites for hydroxylation is 1. The van der Waals surface area contributed by atoms with Gasteiger partial charge in [0.2, 0.25) is 11.5 Å². The summed E-state index contributed by atoms with van der Waals surface area (Å²) in [5.41, 5.74) is 6.98. The predicted molar refractivity (Wildman–Crippen MR) is 91.0 cm³/mol. The molecule has 25 heavy (non-hydrogen) atoms. The minimum atomic E-state index is -0.250. The fourth-order valence-electron chi connectivity index (χ4n) is 2.40. The van der Waals surface area contributed by atoms with Crippen molar-refractivity contribution in [3.63, 3.8) is 0 Å². The fourth-order valence-corrected chi connectivity index (χ4v) is 2.40. The van der Waals surface area contributed by atoms with E-state index < -0.39 is 0 Å². The third kappa shape index (κ3) is 4.55. The van der Waals surface area contributed by atoms with Crippen LogP contribution in [0.4, 0.5) is 5.69 Å². The van der Waals surface area contributed by atoms with Crippen LogP contribution < -0.4 is 37.7 Å². The van der Waals surface area contributed by atoms with E-state index in [1.54, 1.807) is 6.07 Å². The zero-order chi connectivity index (χ0) is 17.7. The first kappa shape index (κ1) is 20.6. The number of ether oxygens (including phenoxy) is 3. The van der Waals surface area contributed by atoms with E-state index in [1.165, 1.54) is 26.9 Å². The number of hydrogen-bond acceptors (Lipinski definition) is 4. The minimum absolute atomic E-state index is 0. The fraction of sp³-hybridized carbons (Fsp3) is 0.278. The Bertz CT molecular complexity index is 733. The van der Waals surface area contributed by atoms with Crippen molar-refractivity contribution < 1.29 is 37.1 Å². The van der Waals surface area contributed by atoms with Crippen molar-refractivity contribution in [2.45, 2.75) is 13.5 Å². The molecule has 1 amide bonds. The maximum atomic E-state index is 12.5. The Hall–Kier alpha value is -2.44. The number of carbonyl (C=O) groups excluding carboxylic acids is 1. The summed E-state index contributed by atoms with van der Waals surface area (Å²) in [6.45, 7) is 2.45. The summed E-state index contributed by atoms with van der Waals surface area (Å²) in [7, 11) is 4.52. The summed E-state index contributed by atoms with van der Waals surface area (Å²) in [4.78, 5) is 12.5. The van der Waals surface area contributed by atoms with Crippen LogP contribution in [-0.4, -0.2) is 27.2 Å². The summed E-state index contributed by atoms with van der Waals surface area (Å²) in [5, 5.41) is 2.88. The number of amides is 1. The molecule has 0 aliphatic heterocycles.